The summed E-state index contributed by atoms with van der Waals surface area (Å²) in [6.07, 6.45) is 4.18. The van der Waals surface area contributed by atoms with Crippen LogP contribution in [0, 0.1) is 5.41 Å². The molecule has 3 aromatic rings. The number of carbonyl (C=O) groups excluding carboxylic acids is 1. The first-order valence-corrected chi connectivity index (χ1v) is 11.6. The topological polar surface area (TPSA) is 83.0 Å². The van der Waals surface area contributed by atoms with Gasteiger partial charge in [0.1, 0.15) is 16.7 Å². The molecule has 2 unspecified atom stereocenters. The quantitative estimate of drug-likeness (QED) is 0.520. The summed E-state index contributed by atoms with van der Waals surface area (Å²) in [5, 5.41) is 6.70. The van der Waals surface area contributed by atoms with Crippen molar-refractivity contribution in [2.24, 2.45) is 5.41 Å². The van der Waals surface area contributed by atoms with Crippen molar-refractivity contribution in [2.75, 3.05) is 25.5 Å². The summed E-state index contributed by atoms with van der Waals surface area (Å²) in [5.41, 5.74) is 3.90. The number of anilines is 1. The second-order valence-electron chi connectivity index (χ2n) is 9.07. The zero-order chi connectivity index (χ0) is 21.8. The Morgan fingerprint density at radius 1 is 1.26 bits per heavy atom. The van der Waals surface area contributed by atoms with Crippen LogP contribution in [-0.4, -0.2) is 51.9 Å². The first kappa shape index (κ1) is 21.6. The molecule has 1 saturated heterocycles. The Bertz CT molecular complexity index is 1020. The minimum absolute atomic E-state index is 0.0164. The van der Waals surface area contributed by atoms with E-state index >= 15 is 0 Å². The standard InChI is InChI=1S/C23H30N6OS/c1-23(2)12-18(29(3)13-23)21(30)28-17(16-8-5-4-6-9-16)10-7-11-24-20-19-22(26-14-25-20)31-15-27-19/h4-6,8-9,14-15,17-18H,7,10-13H2,1-3H3,(H,28,30)(H,24,25,26). The lowest BCUT2D eigenvalue weighted by molar-refractivity contribution is -0.126. The van der Waals surface area contributed by atoms with Gasteiger partial charge in [0.2, 0.25) is 5.91 Å². The number of thiazole rings is 1. The maximum atomic E-state index is 13.1. The number of fused-ring (bicyclic) bond motifs is 1. The van der Waals surface area contributed by atoms with Crippen LogP contribution in [0.2, 0.25) is 0 Å². The summed E-state index contributed by atoms with van der Waals surface area (Å²) in [6.45, 7) is 6.14. The maximum absolute atomic E-state index is 13.1. The van der Waals surface area contributed by atoms with Gasteiger partial charge in [-0.05, 0) is 37.3 Å². The number of benzene rings is 1. The van der Waals surface area contributed by atoms with Gasteiger partial charge in [-0.1, -0.05) is 44.2 Å². The lowest BCUT2D eigenvalue weighted by atomic mass is 9.90. The second kappa shape index (κ2) is 9.28. The average Bonchev–Trinajstić information content (AvgIpc) is 3.34. The summed E-state index contributed by atoms with van der Waals surface area (Å²) in [5.74, 6) is 0.885. The van der Waals surface area contributed by atoms with Crippen molar-refractivity contribution >= 4 is 33.4 Å². The highest BCUT2D eigenvalue weighted by Crippen LogP contribution is 2.33. The summed E-state index contributed by atoms with van der Waals surface area (Å²) in [6, 6.07) is 10.1. The molecule has 1 aliphatic heterocycles. The molecule has 1 aromatic carbocycles. The lowest BCUT2D eigenvalue weighted by Crippen LogP contribution is -2.43. The van der Waals surface area contributed by atoms with Crippen LogP contribution in [0.25, 0.3) is 10.3 Å². The van der Waals surface area contributed by atoms with Crippen molar-refractivity contribution in [1.82, 2.24) is 25.2 Å². The fraction of sp³-hybridized carbons (Fsp3) is 0.478. The number of nitrogens with zero attached hydrogens (tertiary/aromatic N) is 4. The van der Waals surface area contributed by atoms with Crippen molar-refractivity contribution in [3.05, 3.63) is 47.7 Å². The van der Waals surface area contributed by atoms with Crippen LogP contribution in [0.5, 0.6) is 0 Å². The minimum Gasteiger partial charge on any atom is -0.368 e. The number of likely N-dealkylation sites (N-methyl/N-ethyl adjacent to an activating group) is 1. The van der Waals surface area contributed by atoms with Crippen LogP contribution in [0.15, 0.2) is 42.2 Å². The minimum atomic E-state index is -0.0710. The molecule has 8 heteroatoms. The molecule has 4 rings (SSSR count). The summed E-state index contributed by atoms with van der Waals surface area (Å²) in [4.78, 5) is 29.1. The number of nitrogens with one attached hydrogen (secondary N) is 2. The van der Waals surface area contributed by atoms with Crippen molar-refractivity contribution in [1.29, 1.82) is 0 Å². The van der Waals surface area contributed by atoms with E-state index in [1.807, 2.05) is 25.2 Å². The predicted octanol–water partition coefficient (Wildman–Crippen LogP) is 3.87. The molecule has 3 heterocycles. The van der Waals surface area contributed by atoms with E-state index in [4.69, 9.17) is 0 Å². The molecule has 0 spiro atoms. The molecule has 1 aliphatic rings. The molecule has 2 N–H and O–H groups in total. The molecule has 2 atom stereocenters. The van der Waals surface area contributed by atoms with Crippen LogP contribution in [-0.2, 0) is 4.79 Å². The van der Waals surface area contributed by atoms with Gasteiger partial charge in [0.05, 0.1) is 17.6 Å². The molecule has 0 aliphatic carbocycles. The van der Waals surface area contributed by atoms with Crippen LogP contribution < -0.4 is 10.6 Å². The normalized spacial score (nSPS) is 19.4. The summed E-state index contributed by atoms with van der Waals surface area (Å²) < 4.78 is 0. The third-order valence-electron chi connectivity index (χ3n) is 5.87. The molecule has 7 nitrogen and oxygen atoms in total. The molecule has 0 radical (unpaired) electrons. The molecular formula is C23H30N6OS. The zero-order valence-electron chi connectivity index (χ0n) is 18.3. The highest BCUT2D eigenvalue weighted by molar-refractivity contribution is 7.16. The van der Waals surface area contributed by atoms with Gasteiger partial charge in [-0.25, -0.2) is 15.0 Å². The van der Waals surface area contributed by atoms with E-state index in [9.17, 15) is 4.79 Å². The highest BCUT2D eigenvalue weighted by atomic mass is 32.1. The Balaban J connectivity index is 1.38. The van der Waals surface area contributed by atoms with Crippen molar-refractivity contribution < 1.29 is 4.79 Å². The molecule has 31 heavy (non-hydrogen) atoms. The molecule has 1 amide bonds. The number of aromatic nitrogens is 3. The molecule has 0 saturated carbocycles. The average molecular weight is 439 g/mol. The van der Waals surface area contributed by atoms with Gasteiger partial charge < -0.3 is 10.6 Å². The Hall–Kier alpha value is -2.58. The molecule has 0 bridgehead atoms. The molecule has 164 valence electrons. The Kier molecular flexibility index (Phi) is 6.48. The van der Waals surface area contributed by atoms with Gasteiger partial charge in [-0.15, -0.1) is 11.3 Å². The fourth-order valence-corrected chi connectivity index (χ4v) is 5.06. The largest absolute Gasteiger partial charge is 0.368 e. The van der Waals surface area contributed by atoms with Crippen LogP contribution >= 0.6 is 11.3 Å². The number of likely N-dealkylation sites (tertiary alicyclic amines) is 1. The number of hydrogen-bond donors (Lipinski definition) is 2. The summed E-state index contributed by atoms with van der Waals surface area (Å²) >= 11 is 1.51. The maximum Gasteiger partial charge on any atom is 0.237 e. The van der Waals surface area contributed by atoms with E-state index < -0.39 is 0 Å². The lowest BCUT2D eigenvalue weighted by Gasteiger charge is -2.24. The van der Waals surface area contributed by atoms with E-state index in [0.717, 1.165) is 54.1 Å². The number of rotatable bonds is 8. The van der Waals surface area contributed by atoms with E-state index in [1.54, 1.807) is 11.8 Å². The highest BCUT2D eigenvalue weighted by Gasteiger charge is 2.39. The molecular weight excluding hydrogens is 408 g/mol. The Morgan fingerprint density at radius 3 is 2.81 bits per heavy atom. The van der Waals surface area contributed by atoms with Gasteiger partial charge >= 0.3 is 0 Å². The van der Waals surface area contributed by atoms with E-state index in [1.165, 1.54) is 11.3 Å². The predicted molar refractivity (Wildman–Crippen MR) is 125 cm³/mol. The molecule has 1 fully saturated rings. The number of carbonyl (C=O) groups is 1. The van der Waals surface area contributed by atoms with Crippen LogP contribution in [0.4, 0.5) is 5.82 Å². The van der Waals surface area contributed by atoms with E-state index in [0.29, 0.717) is 0 Å². The van der Waals surface area contributed by atoms with E-state index in [-0.39, 0.29) is 23.4 Å². The SMILES string of the molecule is CN1CC(C)(C)CC1C(=O)NC(CCCNc1ncnc2scnc12)c1ccccc1. The van der Waals surface area contributed by atoms with Gasteiger partial charge in [-0.3, -0.25) is 9.69 Å². The van der Waals surface area contributed by atoms with Crippen LogP contribution in [0.1, 0.15) is 44.7 Å². The first-order chi connectivity index (χ1) is 14.9. The fourth-order valence-electron chi connectivity index (χ4n) is 4.43. The second-order valence-corrected chi connectivity index (χ2v) is 9.90. The Morgan fingerprint density at radius 2 is 2.06 bits per heavy atom. The summed E-state index contributed by atoms with van der Waals surface area (Å²) in [7, 11) is 2.04. The first-order valence-electron chi connectivity index (χ1n) is 10.8. The zero-order valence-corrected chi connectivity index (χ0v) is 19.2. The third kappa shape index (κ3) is 5.19. The number of amides is 1. The Labute approximate surface area is 187 Å². The van der Waals surface area contributed by atoms with Crippen LogP contribution in [0.3, 0.4) is 0 Å². The van der Waals surface area contributed by atoms with Crippen molar-refractivity contribution in [2.45, 2.75) is 45.2 Å². The van der Waals surface area contributed by atoms with Gasteiger partial charge in [-0.2, -0.15) is 0 Å². The van der Waals surface area contributed by atoms with Gasteiger partial charge in [0.25, 0.3) is 0 Å². The third-order valence-corrected chi connectivity index (χ3v) is 6.61. The van der Waals surface area contributed by atoms with Crippen molar-refractivity contribution in [3.8, 4) is 0 Å². The molecule has 2 aromatic heterocycles. The van der Waals surface area contributed by atoms with Gasteiger partial charge in [0.15, 0.2) is 5.82 Å². The van der Waals surface area contributed by atoms with Gasteiger partial charge in [0, 0.05) is 13.1 Å². The smallest absolute Gasteiger partial charge is 0.237 e. The number of hydrogen-bond acceptors (Lipinski definition) is 7. The monoisotopic (exact) mass is 438 g/mol. The van der Waals surface area contributed by atoms with E-state index in [2.05, 4.69) is 56.5 Å². The van der Waals surface area contributed by atoms with Crippen molar-refractivity contribution in [3.63, 3.8) is 0 Å².